The molecule has 1 aliphatic rings. The number of nitrogens with zero attached hydrogens (tertiary/aromatic N) is 1. The minimum Gasteiger partial charge on any atom is -0.372 e. The molecule has 1 aromatic rings. The molecule has 0 unspecified atom stereocenters. The largest absolute Gasteiger partial charge is 0.372 e. The number of non-ortho nitro benzene ring substituents is 1. The minimum absolute atomic E-state index is 0.0879. The van der Waals surface area contributed by atoms with Crippen molar-refractivity contribution in [3.8, 4) is 0 Å². The summed E-state index contributed by atoms with van der Waals surface area (Å²) in [5.74, 6) is 0. The third-order valence-electron chi connectivity index (χ3n) is 2.97. The van der Waals surface area contributed by atoms with Gasteiger partial charge in [0.1, 0.15) is 0 Å². The molecule has 1 N–H and O–H groups in total. The molecule has 0 spiro atoms. The monoisotopic (exact) mass is 314 g/mol. The summed E-state index contributed by atoms with van der Waals surface area (Å²) in [6, 6.07) is 4.75. The summed E-state index contributed by atoms with van der Waals surface area (Å²) in [4.78, 5) is 10.2. The lowest BCUT2D eigenvalue weighted by Crippen LogP contribution is -2.35. The van der Waals surface area contributed by atoms with E-state index in [-0.39, 0.29) is 11.8 Å². The van der Waals surface area contributed by atoms with Gasteiger partial charge in [0.2, 0.25) is 0 Å². The Morgan fingerprint density at radius 3 is 3.00 bits per heavy atom. The fourth-order valence-electron chi connectivity index (χ4n) is 1.94. The number of nitrogens with one attached hydrogen (secondary N) is 1. The molecule has 0 radical (unpaired) electrons. The zero-order valence-electron chi connectivity index (χ0n) is 9.89. The molecule has 18 heavy (non-hydrogen) atoms. The van der Waals surface area contributed by atoms with Crippen molar-refractivity contribution in [3.05, 3.63) is 38.3 Å². The van der Waals surface area contributed by atoms with Gasteiger partial charge < -0.3 is 10.1 Å². The molecule has 0 aromatic heterocycles. The first-order valence-electron chi connectivity index (χ1n) is 5.92. The average molecular weight is 315 g/mol. The summed E-state index contributed by atoms with van der Waals surface area (Å²) in [7, 11) is 0. The highest BCUT2D eigenvalue weighted by molar-refractivity contribution is 9.10. The molecule has 5 nitrogen and oxygen atoms in total. The van der Waals surface area contributed by atoms with Crippen LogP contribution in [0.15, 0.2) is 22.7 Å². The van der Waals surface area contributed by atoms with E-state index < -0.39 is 4.92 Å². The standard InChI is InChI=1S/C12H15BrN2O3/c13-12-6-10(15(16)17)4-3-9(12)8-18-11-2-1-5-14-7-11/h3-4,6,11,14H,1-2,5,7-8H2/t11-/m0/s1. The Kier molecular flexibility index (Phi) is 4.68. The van der Waals surface area contributed by atoms with Crippen LogP contribution in [-0.4, -0.2) is 24.1 Å². The van der Waals surface area contributed by atoms with Gasteiger partial charge in [-0.2, -0.15) is 0 Å². The van der Waals surface area contributed by atoms with E-state index in [9.17, 15) is 10.1 Å². The molecule has 1 aromatic carbocycles. The molecule has 1 aliphatic heterocycles. The smallest absolute Gasteiger partial charge is 0.270 e. The van der Waals surface area contributed by atoms with Gasteiger partial charge in [0.15, 0.2) is 0 Å². The summed E-state index contributed by atoms with van der Waals surface area (Å²) in [6.07, 6.45) is 2.44. The lowest BCUT2D eigenvalue weighted by molar-refractivity contribution is -0.384. The molecule has 1 saturated heterocycles. The Morgan fingerprint density at radius 1 is 1.56 bits per heavy atom. The van der Waals surface area contributed by atoms with Crippen LogP contribution in [0.5, 0.6) is 0 Å². The summed E-state index contributed by atoms with van der Waals surface area (Å²) in [5.41, 5.74) is 1.02. The molecule has 0 saturated carbocycles. The molecule has 0 bridgehead atoms. The first-order valence-corrected chi connectivity index (χ1v) is 6.71. The van der Waals surface area contributed by atoms with Crippen LogP contribution in [0.25, 0.3) is 0 Å². The van der Waals surface area contributed by atoms with Gasteiger partial charge >= 0.3 is 0 Å². The topological polar surface area (TPSA) is 64.4 Å². The fourth-order valence-corrected chi connectivity index (χ4v) is 2.42. The van der Waals surface area contributed by atoms with Crippen molar-refractivity contribution in [2.75, 3.05) is 13.1 Å². The van der Waals surface area contributed by atoms with E-state index in [0.717, 1.165) is 36.0 Å². The van der Waals surface area contributed by atoms with Gasteiger partial charge in [0.25, 0.3) is 5.69 Å². The van der Waals surface area contributed by atoms with Gasteiger partial charge in [0, 0.05) is 23.2 Å². The number of halogens is 1. The van der Waals surface area contributed by atoms with Crippen molar-refractivity contribution < 1.29 is 9.66 Å². The molecule has 1 fully saturated rings. The zero-order chi connectivity index (χ0) is 13.0. The zero-order valence-corrected chi connectivity index (χ0v) is 11.5. The quantitative estimate of drug-likeness (QED) is 0.685. The van der Waals surface area contributed by atoms with Crippen molar-refractivity contribution in [1.82, 2.24) is 5.32 Å². The summed E-state index contributed by atoms with van der Waals surface area (Å²) in [5, 5.41) is 13.9. The maximum atomic E-state index is 10.6. The average Bonchev–Trinajstić information content (AvgIpc) is 2.38. The second-order valence-electron chi connectivity index (χ2n) is 4.31. The van der Waals surface area contributed by atoms with E-state index in [0.29, 0.717) is 6.61 Å². The Morgan fingerprint density at radius 2 is 2.39 bits per heavy atom. The van der Waals surface area contributed by atoms with Crippen LogP contribution in [-0.2, 0) is 11.3 Å². The first kappa shape index (κ1) is 13.5. The third kappa shape index (κ3) is 3.51. The van der Waals surface area contributed by atoms with Crippen molar-refractivity contribution in [1.29, 1.82) is 0 Å². The number of hydrogen-bond acceptors (Lipinski definition) is 4. The van der Waals surface area contributed by atoms with Crippen LogP contribution >= 0.6 is 15.9 Å². The van der Waals surface area contributed by atoms with Gasteiger partial charge in [0.05, 0.1) is 17.6 Å². The van der Waals surface area contributed by atoms with Gasteiger partial charge in [-0.15, -0.1) is 0 Å². The molecule has 0 aliphatic carbocycles. The maximum absolute atomic E-state index is 10.6. The van der Waals surface area contributed by atoms with E-state index >= 15 is 0 Å². The van der Waals surface area contributed by atoms with E-state index in [1.807, 2.05) is 0 Å². The predicted molar refractivity (Wildman–Crippen MR) is 71.5 cm³/mol. The first-order chi connectivity index (χ1) is 8.66. The number of hydrogen-bond donors (Lipinski definition) is 1. The molecule has 98 valence electrons. The van der Waals surface area contributed by atoms with Gasteiger partial charge in [-0.3, -0.25) is 10.1 Å². The molecule has 2 rings (SSSR count). The number of benzene rings is 1. The number of rotatable bonds is 4. The van der Waals surface area contributed by atoms with E-state index in [4.69, 9.17) is 4.74 Å². The Bertz CT molecular complexity index is 433. The second-order valence-corrected chi connectivity index (χ2v) is 5.17. The summed E-state index contributed by atoms with van der Waals surface area (Å²) >= 11 is 3.34. The Labute approximate surface area is 114 Å². The number of nitro benzene ring substituents is 1. The van der Waals surface area contributed by atoms with Crippen LogP contribution in [0.1, 0.15) is 18.4 Å². The normalized spacial score (nSPS) is 19.7. The summed E-state index contributed by atoms with van der Waals surface area (Å²) in [6.45, 7) is 2.41. The van der Waals surface area contributed by atoms with Crippen LogP contribution in [0.2, 0.25) is 0 Å². The maximum Gasteiger partial charge on any atom is 0.270 e. The Hall–Kier alpha value is -0.980. The molecule has 1 heterocycles. The van der Waals surface area contributed by atoms with Gasteiger partial charge in [-0.1, -0.05) is 15.9 Å². The van der Waals surface area contributed by atoms with Crippen molar-refractivity contribution >= 4 is 21.6 Å². The SMILES string of the molecule is O=[N+]([O-])c1ccc(CO[C@H]2CCCNC2)c(Br)c1. The number of piperidine rings is 1. The van der Waals surface area contributed by atoms with Crippen LogP contribution in [0.3, 0.4) is 0 Å². The number of nitro groups is 1. The van der Waals surface area contributed by atoms with Crippen molar-refractivity contribution in [2.24, 2.45) is 0 Å². The Balaban J connectivity index is 1.94. The molecular formula is C12H15BrN2O3. The predicted octanol–water partition coefficient (Wildman–Crippen LogP) is 2.63. The summed E-state index contributed by atoms with van der Waals surface area (Å²) < 4.78 is 6.51. The van der Waals surface area contributed by atoms with Crippen molar-refractivity contribution in [3.63, 3.8) is 0 Å². The van der Waals surface area contributed by atoms with E-state index in [1.165, 1.54) is 12.1 Å². The highest BCUT2D eigenvalue weighted by Gasteiger charge is 2.14. The lowest BCUT2D eigenvalue weighted by atomic mass is 10.1. The van der Waals surface area contributed by atoms with Crippen LogP contribution in [0, 0.1) is 10.1 Å². The molecule has 0 amide bonds. The van der Waals surface area contributed by atoms with Gasteiger partial charge in [-0.25, -0.2) is 0 Å². The minimum atomic E-state index is -0.402. The highest BCUT2D eigenvalue weighted by Crippen LogP contribution is 2.24. The van der Waals surface area contributed by atoms with Crippen molar-refractivity contribution in [2.45, 2.75) is 25.6 Å². The molecule has 1 atom stereocenters. The van der Waals surface area contributed by atoms with E-state index in [2.05, 4.69) is 21.2 Å². The number of ether oxygens (including phenoxy) is 1. The van der Waals surface area contributed by atoms with Crippen LogP contribution < -0.4 is 5.32 Å². The molecule has 6 heteroatoms. The fraction of sp³-hybridized carbons (Fsp3) is 0.500. The second kappa shape index (κ2) is 6.26. The molecular weight excluding hydrogens is 300 g/mol. The lowest BCUT2D eigenvalue weighted by Gasteiger charge is -2.23. The highest BCUT2D eigenvalue weighted by atomic mass is 79.9. The van der Waals surface area contributed by atoms with Crippen LogP contribution in [0.4, 0.5) is 5.69 Å². The third-order valence-corrected chi connectivity index (χ3v) is 3.71. The van der Waals surface area contributed by atoms with Gasteiger partial charge in [-0.05, 0) is 31.0 Å². The van der Waals surface area contributed by atoms with E-state index in [1.54, 1.807) is 6.07 Å².